The molecular formula is C14H12F2N2O3. The van der Waals surface area contributed by atoms with Crippen LogP contribution in [-0.2, 0) is 6.61 Å². The molecule has 7 heteroatoms. The standard InChI is InChI=1S/C14H12F2N2O3/c1-17-13-9(4-2-7-12(13)18(19)20)8-21-14-10(15)5-3-6-11(14)16/h2-7,17H,8H2,1H3. The predicted octanol–water partition coefficient (Wildman–Crippen LogP) is 3.49. The Hall–Kier alpha value is -2.70. The largest absolute Gasteiger partial charge is 0.483 e. The van der Waals surface area contributed by atoms with Gasteiger partial charge in [0.15, 0.2) is 17.4 Å². The normalized spacial score (nSPS) is 10.2. The zero-order chi connectivity index (χ0) is 15.4. The van der Waals surface area contributed by atoms with E-state index in [1.54, 1.807) is 6.07 Å². The highest BCUT2D eigenvalue weighted by molar-refractivity contribution is 5.66. The molecule has 0 aromatic heterocycles. The van der Waals surface area contributed by atoms with Crippen molar-refractivity contribution >= 4 is 11.4 Å². The second kappa shape index (κ2) is 6.17. The molecule has 0 heterocycles. The van der Waals surface area contributed by atoms with Crippen LogP contribution in [0.4, 0.5) is 20.2 Å². The summed E-state index contributed by atoms with van der Waals surface area (Å²) in [5.41, 5.74) is 0.543. The second-order valence-electron chi connectivity index (χ2n) is 4.16. The van der Waals surface area contributed by atoms with Crippen LogP contribution in [0.25, 0.3) is 0 Å². The van der Waals surface area contributed by atoms with Gasteiger partial charge in [0.2, 0.25) is 0 Å². The average molecular weight is 294 g/mol. The van der Waals surface area contributed by atoms with Gasteiger partial charge in [0, 0.05) is 18.7 Å². The molecule has 0 aliphatic carbocycles. The average Bonchev–Trinajstić information content (AvgIpc) is 2.46. The molecule has 0 amide bonds. The van der Waals surface area contributed by atoms with Gasteiger partial charge in [0.1, 0.15) is 12.3 Å². The van der Waals surface area contributed by atoms with Crippen LogP contribution in [0, 0.1) is 21.7 Å². The van der Waals surface area contributed by atoms with E-state index in [4.69, 9.17) is 4.74 Å². The molecular weight excluding hydrogens is 282 g/mol. The lowest BCUT2D eigenvalue weighted by Crippen LogP contribution is -2.05. The molecule has 110 valence electrons. The Kier molecular flexibility index (Phi) is 4.32. The predicted molar refractivity (Wildman–Crippen MR) is 73.3 cm³/mol. The summed E-state index contributed by atoms with van der Waals surface area (Å²) >= 11 is 0. The Labute approximate surface area is 119 Å². The van der Waals surface area contributed by atoms with Gasteiger partial charge in [0.25, 0.3) is 5.69 Å². The summed E-state index contributed by atoms with van der Waals surface area (Å²) in [5, 5.41) is 13.6. The molecule has 21 heavy (non-hydrogen) atoms. The van der Waals surface area contributed by atoms with Crippen LogP contribution in [0.3, 0.4) is 0 Å². The Balaban J connectivity index is 2.28. The van der Waals surface area contributed by atoms with Crippen molar-refractivity contribution < 1.29 is 18.4 Å². The summed E-state index contributed by atoms with van der Waals surface area (Å²) in [5.74, 6) is -2.16. The van der Waals surface area contributed by atoms with Crippen molar-refractivity contribution in [1.82, 2.24) is 0 Å². The third kappa shape index (κ3) is 3.07. The summed E-state index contributed by atoms with van der Waals surface area (Å²) in [6.07, 6.45) is 0. The smallest absolute Gasteiger partial charge is 0.292 e. The Bertz CT molecular complexity index is 657. The highest BCUT2D eigenvalue weighted by atomic mass is 19.1. The number of nitrogens with zero attached hydrogens (tertiary/aromatic N) is 1. The molecule has 0 aliphatic rings. The van der Waals surface area contributed by atoms with Crippen molar-refractivity contribution in [2.45, 2.75) is 6.61 Å². The third-order valence-corrected chi connectivity index (χ3v) is 2.87. The Morgan fingerprint density at radius 2 is 1.81 bits per heavy atom. The van der Waals surface area contributed by atoms with Crippen molar-refractivity contribution in [3.05, 3.63) is 63.7 Å². The fraction of sp³-hybridized carbons (Fsp3) is 0.143. The third-order valence-electron chi connectivity index (χ3n) is 2.87. The molecule has 1 N–H and O–H groups in total. The van der Waals surface area contributed by atoms with Crippen molar-refractivity contribution in [2.24, 2.45) is 0 Å². The molecule has 0 saturated heterocycles. The first-order valence-corrected chi connectivity index (χ1v) is 6.05. The number of ether oxygens (including phenoxy) is 1. The number of hydrogen-bond donors (Lipinski definition) is 1. The van der Waals surface area contributed by atoms with Gasteiger partial charge in [-0.2, -0.15) is 0 Å². The van der Waals surface area contributed by atoms with Crippen LogP contribution in [-0.4, -0.2) is 12.0 Å². The van der Waals surface area contributed by atoms with Crippen molar-refractivity contribution in [3.8, 4) is 5.75 Å². The van der Waals surface area contributed by atoms with Crippen molar-refractivity contribution in [2.75, 3.05) is 12.4 Å². The van der Waals surface area contributed by atoms with E-state index in [0.29, 0.717) is 5.56 Å². The van der Waals surface area contributed by atoms with Gasteiger partial charge in [-0.25, -0.2) is 8.78 Å². The molecule has 0 aliphatic heterocycles. The number of rotatable bonds is 5. The van der Waals surface area contributed by atoms with E-state index in [1.807, 2.05) is 0 Å². The van der Waals surface area contributed by atoms with Crippen LogP contribution in [0.1, 0.15) is 5.56 Å². The minimum atomic E-state index is -0.827. The number of anilines is 1. The van der Waals surface area contributed by atoms with Gasteiger partial charge >= 0.3 is 0 Å². The first-order chi connectivity index (χ1) is 10.0. The first kappa shape index (κ1) is 14.7. The van der Waals surface area contributed by atoms with Crippen molar-refractivity contribution in [1.29, 1.82) is 0 Å². The fourth-order valence-electron chi connectivity index (χ4n) is 1.92. The van der Waals surface area contributed by atoms with Crippen LogP contribution >= 0.6 is 0 Å². The van der Waals surface area contributed by atoms with Gasteiger partial charge in [0.05, 0.1) is 4.92 Å². The first-order valence-electron chi connectivity index (χ1n) is 6.05. The lowest BCUT2D eigenvalue weighted by atomic mass is 10.1. The van der Waals surface area contributed by atoms with E-state index in [1.165, 1.54) is 25.2 Å². The zero-order valence-electron chi connectivity index (χ0n) is 11.1. The quantitative estimate of drug-likeness (QED) is 0.677. The van der Waals surface area contributed by atoms with E-state index in [2.05, 4.69) is 5.32 Å². The van der Waals surface area contributed by atoms with Gasteiger partial charge in [-0.1, -0.05) is 18.2 Å². The number of nitro benzene ring substituents is 1. The van der Waals surface area contributed by atoms with Gasteiger partial charge < -0.3 is 10.1 Å². The molecule has 0 spiro atoms. The van der Waals surface area contributed by atoms with E-state index >= 15 is 0 Å². The lowest BCUT2D eigenvalue weighted by molar-refractivity contribution is -0.384. The summed E-state index contributed by atoms with van der Waals surface area (Å²) in [6, 6.07) is 7.77. The molecule has 0 radical (unpaired) electrons. The fourth-order valence-corrected chi connectivity index (χ4v) is 1.92. The summed E-state index contributed by atoms with van der Waals surface area (Å²) in [7, 11) is 1.52. The monoisotopic (exact) mass is 294 g/mol. The maximum atomic E-state index is 13.5. The minimum Gasteiger partial charge on any atom is -0.483 e. The highest BCUT2D eigenvalue weighted by Gasteiger charge is 2.17. The van der Waals surface area contributed by atoms with Gasteiger partial charge in [-0.05, 0) is 12.1 Å². The maximum absolute atomic E-state index is 13.5. The Morgan fingerprint density at radius 1 is 1.19 bits per heavy atom. The Morgan fingerprint density at radius 3 is 2.38 bits per heavy atom. The molecule has 2 rings (SSSR count). The summed E-state index contributed by atoms with van der Waals surface area (Å²) in [6.45, 7) is -0.199. The van der Waals surface area contributed by atoms with E-state index in [9.17, 15) is 18.9 Å². The number of hydrogen-bond acceptors (Lipinski definition) is 4. The number of nitro groups is 1. The number of para-hydroxylation sites is 2. The van der Waals surface area contributed by atoms with Gasteiger partial charge in [-0.3, -0.25) is 10.1 Å². The molecule has 0 bridgehead atoms. The summed E-state index contributed by atoms with van der Waals surface area (Å²) in [4.78, 5) is 10.4. The van der Waals surface area contributed by atoms with Crippen LogP contribution in [0.15, 0.2) is 36.4 Å². The molecule has 0 unspecified atom stereocenters. The van der Waals surface area contributed by atoms with Crippen LogP contribution < -0.4 is 10.1 Å². The second-order valence-corrected chi connectivity index (χ2v) is 4.16. The van der Waals surface area contributed by atoms with E-state index < -0.39 is 22.3 Å². The van der Waals surface area contributed by atoms with E-state index in [0.717, 1.165) is 12.1 Å². The maximum Gasteiger partial charge on any atom is 0.292 e. The number of halogens is 2. The highest BCUT2D eigenvalue weighted by Crippen LogP contribution is 2.29. The summed E-state index contributed by atoms with van der Waals surface area (Å²) < 4.78 is 32.0. The number of benzene rings is 2. The number of nitrogens with one attached hydrogen (secondary N) is 1. The van der Waals surface area contributed by atoms with E-state index in [-0.39, 0.29) is 18.0 Å². The molecule has 5 nitrogen and oxygen atoms in total. The topological polar surface area (TPSA) is 64.4 Å². The zero-order valence-corrected chi connectivity index (χ0v) is 11.1. The van der Waals surface area contributed by atoms with Crippen LogP contribution in [0.2, 0.25) is 0 Å². The minimum absolute atomic E-state index is 0.132. The van der Waals surface area contributed by atoms with Crippen LogP contribution in [0.5, 0.6) is 5.75 Å². The molecule has 2 aromatic rings. The van der Waals surface area contributed by atoms with Gasteiger partial charge in [-0.15, -0.1) is 0 Å². The molecule has 0 saturated carbocycles. The van der Waals surface area contributed by atoms with Crippen molar-refractivity contribution in [3.63, 3.8) is 0 Å². The SMILES string of the molecule is CNc1c(COc2c(F)cccc2F)cccc1[N+](=O)[O-]. The lowest BCUT2D eigenvalue weighted by Gasteiger charge is -2.12. The molecule has 0 atom stereocenters. The molecule has 2 aromatic carbocycles. The molecule has 0 fully saturated rings.